The van der Waals surface area contributed by atoms with Gasteiger partial charge in [-0.3, -0.25) is 0 Å². The lowest BCUT2D eigenvalue weighted by molar-refractivity contribution is 0.0515. The minimum atomic E-state index is -3.70. The highest BCUT2D eigenvalue weighted by Crippen LogP contribution is 2.28. The van der Waals surface area contributed by atoms with E-state index in [0.29, 0.717) is 10.2 Å². The molecule has 0 atom stereocenters. The third-order valence-corrected chi connectivity index (χ3v) is 5.73. The summed E-state index contributed by atoms with van der Waals surface area (Å²) in [4.78, 5) is 12.2. The van der Waals surface area contributed by atoms with Crippen molar-refractivity contribution >= 4 is 31.7 Å². The molecule has 2 aromatic rings. The Morgan fingerprint density at radius 1 is 1.32 bits per heavy atom. The fourth-order valence-electron chi connectivity index (χ4n) is 2.11. The zero-order valence-corrected chi connectivity index (χ0v) is 14.9. The fraction of sp³-hybridized carbons (Fsp3) is 0.267. The Morgan fingerprint density at radius 3 is 2.59 bits per heavy atom. The van der Waals surface area contributed by atoms with E-state index >= 15 is 0 Å². The lowest BCUT2D eigenvalue weighted by Crippen LogP contribution is -2.10. The number of ether oxygens (including phenoxy) is 1. The Bertz CT molecular complexity index is 824. The minimum absolute atomic E-state index is 0.108. The largest absolute Gasteiger partial charge is 0.461 e. The Labute approximate surface area is 138 Å². The first-order valence-corrected chi connectivity index (χ1v) is 8.90. The monoisotopic (exact) mass is 385 g/mol. The molecular formula is C15H16BrNO4S. The van der Waals surface area contributed by atoms with E-state index in [1.807, 2.05) is 0 Å². The van der Waals surface area contributed by atoms with Gasteiger partial charge in [-0.05, 0) is 38.1 Å². The SMILES string of the molecule is CCOC(=O)c1cc(S(=O)(=O)c2cccc(Br)c2)c(C)n1C. The zero-order chi connectivity index (χ0) is 16.5. The molecule has 0 saturated heterocycles. The summed E-state index contributed by atoms with van der Waals surface area (Å²) in [5.41, 5.74) is 0.705. The van der Waals surface area contributed by atoms with Crippen LogP contribution in [-0.4, -0.2) is 25.6 Å². The van der Waals surface area contributed by atoms with Crippen molar-refractivity contribution in [3.63, 3.8) is 0 Å². The summed E-state index contributed by atoms with van der Waals surface area (Å²) in [6.45, 7) is 3.59. The van der Waals surface area contributed by atoms with Crippen LogP contribution in [0.4, 0.5) is 0 Å². The van der Waals surface area contributed by atoms with Crippen LogP contribution in [0.15, 0.2) is 44.6 Å². The number of halogens is 1. The molecule has 0 fully saturated rings. The van der Waals surface area contributed by atoms with Crippen LogP contribution in [0.2, 0.25) is 0 Å². The van der Waals surface area contributed by atoms with E-state index in [-0.39, 0.29) is 22.1 Å². The highest BCUT2D eigenvalue weighted by Gasteiger charge is 2.26. The van der Waals surface area contributed by atoms with Gasteiger partial charge in [0.05, 0.1) is 16.4 Å². The van der Waals surface area contributed by atoms with Gasteiger partial charge in [-0.25, -0.2) is 13.2 Å². The van der Waals surface area contributed by atoms with Crippen molar-refractivity contribution in [3.05, 3.63) is 46.2 Å². The molecule has 0 unspecified atom stereocenters. The van der Waals surface area contributed by atoms with Gasteiger partial charge in [-0.15, -0.1) is 0 Å². The summed E-state index contributed by atoms with van der Waals surface area (Å²) < 4.78 is 32.7. The second kappa shape index (κ2) is 6.26. The Hall–Kier alpha value is -1.60. The first-order chi connectivity index (χ1) is 10.3. The topological polar surface area (TPSA) is 65.4 Å². The Kier molecular flexibility index (Phi) is 4.77. The molecule has 2 rings (SSSR count). The van der Waals surface area contributed by atoms with Crippen molar-refractivity contribution in [2.24, 2.45) is 7.05 Å². The minimum Gasteiger partial charge on any atom is -0.461 e. The van der Waals surface area contributed by atoms with Crippen LogP contribution in [0.5, 0.6) is 0 Å². The summed E-state index contributed by atoms with van der Waals surface area (Å²) in [6, 6.07) is 7.83. The highest BCUT2D eigenvalue weighted by atomic mass is 79.9. The van der Waals surface area contributed by atoms with E-state index in [9.17, 15) is 13.2 Å². The number of hydrogen-bond donors (Lipinski definition) is 0. The van der Waals surface area contributed by atoms with Gasteiger partial charge in [0.15, 0.2) is 0 Å². The molecule has 0 aliphatic heterocycles. The number of hydrogen-bond acceptors (Lipinski definition) is 4. The third-order valence-electron chi connectivity index (χ3n) is 3.37. The molecule has 1 aromatic carbocycles. The third kappa shape index (κ3) is 2.96. The van der Waals surface area contributed by atoms with Crippen LogP contribution in [0.3, 0.4) is 0 Å². The van der Waals surface area contributed by atoms with Crippen molar-refractivity contribution in [2.75, 3.05) is 6.61 Å². The maximum absolute atomic E-state index is 12.8. The number of carbonyl (C=O) groups excluding carboxylic acids is 1. The van der Waals surface area contributed by atoms with Gasteiger partial charge in [0, 0.05) is 17.2 Å². The number of esters is 1. The fourth-order valence-corrected chi connectivity index (χ4v) is 4.24. The van der Waals surface area contributed by atoms with Gasteiger partial charge in [0.25, 0.3) is 0 Å². The lowest BCUT2D eigenvalue weighted by atomic mass is 10.4. The maximum Gasteiger partial charge on any atom is 0.354 e. The van der Waals surface area contributed by atoms with E-state index in [0.717, 1.165) is 0 Å². The van der Waals surface area contributed by atoms with Crippen LogP contribution in [0.25, 0.3) is 0 Å². The summed E-state index contributed by atoms with van der Waals surface area (Å²) >= 11 is 3.27. The molecule has 5 nitrogen and oxygen atoms in total. The molecule has 0 spiro atoms. The van der Waals surface area contributed by atoms with Crippen molar-refractivity contribution in [1.82, 2.24) is 4.57 Å². The van der Waals surface area contributed by atoms with Crippen molar-refractivity contribution in [1.29, 1.82) is 0 Å². The van der Waals surface area contributed by atoms with Crippen LogP contribution >= 0.6 is 15.9 Å². The molecule has 22 heavy (non-hydrogen) atoms. The second-order valence-electron chi connectivity index (χ2n) is 4.72. The van der Waals surface area contributed by atoms with Crippen molar-refractivity contribution < 1.29 is 17.9 Å². The van der Waals surface area contributed by atoms with E-state index in [2.05, 4.69) is 15.9 Å². The molecule has 0 aliphatic rings. The number of benzene rings is 1. The van der Waals surface area contributed by atoms with E-state index < -0.39 is 15.8 Å². The molecule has 0 amide bonds. The van der Waals surface area contributed by atoms with Gasteiger partial charge >= 0.3 is 5.97 Å². The molecule has 0 saturated carbocycles. The number of rotatable bonds is 4. The molecule has 1 heterocycles. The van der Waals surface area contributed by atoms with Gasteiger partial charge in [0.1, 0.15) is 5.69 Å². The average molecular weight is 386 g/mol. The summed E-state index contributed by atoms with van der Waals surface area (Å²) in [5.74, 6) is -0.538. The van der Waals surface area contributed by atoms with E-state index in [4.69, 9.17) is 4.74 Å². The smallest absolute Gasteiger partial charge is 0.354 e. The summed E-state index contributed by atoms with van der Waals surface area (Å²) in [6.07, 6.45) is 0. The van der Waals surface area contributed by atoms with Gasteiger partial charge in [-0.2, -0.15) is 0 Å². The Balaban J connectivity index is 2.58. The first-order valence-electron chi connectivity index (χ1n) is 6.63. The lowest BCUT2D eigenvalue weighted by Gasteiger charge is -2.06. The molecule has 7 heteroatoms. The molecule has 0 N–H and O–H groups in total. The number of carbonyl (C=O) groups is 1. The zero-order valence-electron chi connectivity index (χ0n) is 12.5. The number of aromatic nitrogens is 1. The van der Waals surface area contributed by atoms with Gasteiger partial charge in [-0.1, -0.05) is 22.0 Å². The molecule has 0 aliphatic carbocycles. The summed E-state index contributed by atoms with van der Waals surface area (Å²) in [7, 11) is -2.06. The number of nitrogens with zero attached hydrogens (tertiary/aromatic N) is 1. The standard InChI is InChI=1S/C15H16BrNO4S/c1-4-21-15(18)13-9-14(10(2)17(13)3)22(19,20)12-7-5-6-11(16)8-12/h5-9H,4H2,1-3H3. The normalized spacial score (nSPS) is 11.5. The summed E-state index contributed by atoms with van der Waals surface area (Å²) in [5, 5.41) is 0. The average Bonchev–Trinajstić information content (AvgIpc) is 2.76. The van der Waals surface area contributed by atoms with E-state index in [1.165, 1.54) is 22.8 Å². The molecule has 118 valence electrons. The van der Waals surface area contributed by atoms with Crippen LogP contribution in [0.1, 0.15) is 23.1 Å². The first kappa shape index (κ1) is 16.8. The van der Waals surface area contributed by atoms with Crippen molar-refractivity contribution in [3.8, 4) is 0 Å². The van der Waals surface area contributed by atoms with Gasteiger partial charge < -0.3 is 9.30 Å². The highest BCUT2D eigenvalue weighted by molar-refractivity contribution is 9.10. The molecular weight excluding hydrogens is 370 g/mol. The van der Waals surface area contributed by atoms with Crippen LogP contribution in [-0.2, 0) is 21.6 Å². The van der Waals surface area contributed by atoms with Crippen molar-refractivity contribution in [2.45, 2.75) is 23.6 Å². The maximum atomic E-state index is 12.8. The molecule has 0 radical (unpaired) electrons. The van der Waals surface area contributed by atoms with Crippen LogP contribution < -0.4 is 0 Å². The van der Waals surface area contributed by atoms with Gasteiger partial charge in [0.2, 0.25) is 9.84 Å². The van der Waals surface area contributed by atoms with E-state index in [1.54, 1.807) is 33.0 Å². The predicted octanol–water partition coefficient (Wildman–Crippen LogP) is 3.11. The quantitative estimate of drug-likeness (QED) is 0.758. The number of sulfone groups is 1. The predicted molar refractivity (Wildman–Crippen MR) is 85.7 cm³/mol. The molecule has 1 aromatic heterocycles. The second-order valence-corrected chi connectivity index (χ2v) is 7.55. The molecule has 0 bridgehead atoms. The Morgan fingerprint density at radius 2 is 2.00 bits per heavy atom. The van der Waals surface area contributed by atoms with Crippen LogP contribution in [0, 0.1) is 6.92 Å².